The fourth-order valence-electron chi connectivity index (χ4n) is 1.15. The molecule has 0 rings (SSSR count). The van der Waals surface area contributed by atoms with Gasteiger partial charge in [0.05, 0.1) is 0 Å². The Kier molecular flexibility index (Phi) is 14.1. The van der Waals surface area contributed by atoms with E-state index in [0.29, 0.717) is 12.8 Å². The van der Waals surface area contributed by atoms with Crippen LogP contribution in [0.15, 0.2) is 0 Å². The molecular formula is C22H12O2. The number of rotatable bonds is 5. The van der Waals surface area contributed by atoms with Gasteiger partial charge in [0, 0.05) is 12.8 Å². The number of carbonyl (C=O) groups is 1. The molecule has 0 saturated carbocycles. The average Bonchev–Trinajstić information content (AvgIpc) is 2.56. The lowest BCUT2D eigenvalue weighted by Gasteiger charge is -1.92. The molecule has 2 nitrogen and oxygen atoms in total. The molecule has 2 heteroatoms. The molecule has 1 N–H and O–H groups in total. The zero-order valence-corrected chi connectivity index (χ0v) is 13.0. The summed E-state index contributed by atoms with van der Waals surface area (Å²) >= 11 is 0. The summed E-state index contributed by atoms with van der Waals surface area (Å²) in [5.41, 5.74) is 0. The van der Waals surface area contributed by atoms with E-state index in [1.807, 2.05) is 0 Å². The first kappa shape index (κ1) is 19.9. The Morgan fingerprint density at radius 2 is 1.12 bits per heavy atom. The number of carboxylic acids is 1. The van der Waals surface area contributed by atoms with Crippen molar-refractivity contribution in [3.63, 3.8) is 0 Å². The van der Waals surface area contributed by atoms with Crippen LogP contribution in [-0.4, -0.2) is 11.1 Å². The summed E-state index contributed by atoms with van der Waals surface area (Å²) in [7, 11) is 0. The molecule has 24 heavy (non-hydrogen) atoms. The van der Waals surface area contributed by atoms with Crippen LogP contribution in [0.1, 0.15) is 32.1 Å². The Balaban J connectivity index is 4.00. The third-order valence-electron chi connectivity index (χ3n) is 2.10. The summed E-state index contributed by atoms with van der Waals surface area (Å²) in [6, 6.07) is 0. The van der Waals surface area contributed by atoms with E-state index >= 15 is 0 Å². The predicted octanol–water partition coefficient (Wildman–Crippen LogP) is 1.68. The molecule has 0 aliphatic heterocycles. The maximum Gasteiger partial charge on any atom is 0.303 e. The minimum atomic E-state index is -0.762. The smallest absolute Gasteiger partial charge is 0.303 e. The number of terminal acetylenes is 1. The lowest BCUT2D eigenvalue weighted by molar-refractivity contribution is -0.137. The van der Waals surface area contributed by atoms with E-state index < -0.39 is 5.97 Å². The number of aliphatic carboxylic acids is 1. The second kappa shape index (κ2) is 17.0. The molecule has 0 aliphatic rings. The van der Waals surface area contributed by atoms with Gasteiger partial charge in [-0.3, -0.25) is 4.79 Å². The number of carboxylic acid groups (broad SMARTS) is 1. The van der Waals surface area contributed by atoms with Gasteiger partial charge in [-0.1, -0.05) is 12.3 Å². The van der Waals surface area contributed by atoms with Crippen LogP contribution < -0.4 is 0 Å². The summed E-state index contributed by atoms with van der Waals surface area (Å²) in [6.07, 6.45) is 8.22. The topological polar surface area (TPSA) is 37.3 Å². The first-order chi connectivity index (χ1) is 11.8. The molecule has 0 aromatic rings. The second-order valence-corrected chi connectivity index (χ2v) is 3.90. The van der Waals surface area contributed by atoms with Crippen molar-refractivity contribution in [2.45, 2.75) is 32.1 Å². The Bertz CT molecular complexity index is 908. The molecule has 0 saturated heterocycles. The Labute approximate surface area is 143 Å². The highest BCUT2D eigenvalue weighted by Gasteiger charge is 1.94. The summed E-state index contributed by atoms with van der Waals surface area (Å²) in [4.78, 5) is 10.3. The molecule has 112 valence electrons. The van der Waals surface area contributed by atoms with Crippen LogP contribution in [0.4, 0.5) is 0 Å². The Morgan fingerprint density at radius 3 is 1.58 bits per heavy atom. The monoisotopic (exact) mass is 308 g/mol. The van der Waals surface area contributed by atoms with E-state index in [-0.39, 0.29) is 6.42 Å². The van der Waals surface area contributed by atoms with Crippen molar-refractivity contribution in [3.05, 3.63) is 0 Å². The molecule has 0 heterocycles. The molecule has 0 aromatic heterocycles. The van der Waals surface area contributed by atoms with Crippen LogP contribution in [-0.2, 0) is 4.79 Å². The van der Waals surface area contributed by atoms with Crippen LogP contribution >= 0.6 is 0 Å². The molecule has 0 bridgehead atoms. The van der Waals surface area contributed by atoms with Crippen molar-refractivity contribution in [2.24, 2.45) is 0 Å². The van der Waals surface area contributed by atoms with Crippen molar-refractivity contribution in [2.75, 3.05) is 0 Å². The first-order valence-electron chi connectivity index (χ1n) is 6.92. The molecule has 0 amide bonds. The molecule has 0 aromatic carbocycles. The van der Waals surface area contributed by atoms with Gasteiger partial charge in [-0.2, -0.15) is 0 Å². The summed E-state index contributed by atoms with van der Waals surface area (Å²) in [6.45, 7) is 0. The van der Waals surface area contributed by atoms with Gasteiger partial charge in [-0.15, -0.1) is 6.42 Å². The molecule has 0 spiro atoms. The van der Waals surface area contributed by atoms with E-state index in [2.05, 4.69) is 88.8 Å². The van der Waals surface area contributed by atoms with Crippen LogP contribution in [0, 0.1) is 95.2 Å². The van der Waals surface area contributed by atoms with E-state index in [1.54, 1.807) is 0 Å². The fraction of sp³-hybridized carbons (Fsp3) is 0.227. The average molecular weight is 308 g/mol. The highest BCUT2D eigenvalue weighted by atomic mass is 16.4. The van der Waals surface area contributed by atoms with Gasteiger partial charge in [-0.25, -0.2) is 0 Å². The Morgan fingerprint density at radius 1 is 0.667 bits per heavy atom. The number of unbranched alkanes of at least 4 members (excludes halogenated alkanes) is 3. The molecule has 0 unspecified atom stereocenters. The minimum absolute atomic E-state index is 0.209. The molecule has 0 aliphatic carbocycles. The van der Waals surface area contributed by atoms with E-state index in [9.17, 15) is 4.79 Å². The third-order valence-corrected chi connectivity index (χ3v) is 2.10. The van der Waals surface area contributed by atoms with Gasteiger partial charge in [-0.05, 0) is 95.7 Å². The van der Waals surface area contributed by atoms with Crippen molar-refractivity contribution >= 4 is 5.97 Å². The van der Waals surface area contributed by atoms with Crippen molar-refractivity contribution in [1.82, 2.24) is 0 Å². The van der Waals surface area contributed by atoms with Crippen molar-refractivity contribution < 1.29 is 9.90 Å². The lowest BCUT2D eigenvalue weighted by Crippen LogP contribution is -1.93. The maximum absolute atomic E-state index is 10.3. The van der Waals surface area contributed by atoms with E-state index in [0.717, 1.165) is 12.8 Å². The normalized spacial score (nSPS) is 5.96. The quantitative estimate of drug-likeness (QED) is 0.620. The van der Waals surface area contributed by atoms with Crippen LogP contribution in [0.3, 0.4) is 0 Å². The number of hydrogen-bond donors (Lipinski definition) is 1. The fourth-order valence-corrected chi connectivity index (χ4v) is 1.15. The summed E-state index contributed by atoms with van der Waals surface area (Å²) in [5.74, 6) is 36.7. The van der Waals surface area contributed by atoms with E-state index in [4.69, 9.17) is 11.5 Å². The molecular weight excluding hydrogens is 296 g/mol. The number of hydrogen-bond acceptors (Lipinski definition) is 1. The molecule has 0 fully saturated rings. The van der Waals surface area contributed by atoms with Crippen LogP contribution in [0.2, 0.25) is 0 Å². The maximum atomic E-state index is 10.3. The summed E-state index contributed by atoms with van der Waals surface area (Å²) < 4.78 is 0. The minimum Gasteiger partial charge on any atom is -0.481 e. The lowest BCUT2D eigenvalue weighted by atomic mass is 10.1. The predicted molar refractivity (Wildman–Crippen MR) is 94.0 cm³/mol. The van der Waals surface area contributed by atoms with E-state index in [1.165, 1.54) is 0 Å². The van der Waals surface area contributed by atoms with Crippen molar-refractivity contribution in [1.29, 1.82) is 0 Å². The van der Waals surface area contributed by atoms with Gasteiger partial charge >= 0.3 is 5.97 Å². The highest BCUT2D eigenvalue weighted by Crippen LogP contribution is 2.01. The van der Waals surface area contributed by atoms with Crippen LogP contribution in [0.25, 0.3) is 0 Å². The first-order valence-corrected chi connectivity index (χ1v) is 6.92. The van der Waals surface area contributed by atoms with Gasteiger partial charge in [0.15, 0.2) is 0 Å². The Hall–Kier alpha value is -4.05. The highest BCUT2D eigenvalue weighted by molar-refractivity contribution is 5.66. The zero-order valence-electron chi connectivity index (χ0n) is 13.0. The third kappa shape index (κ3) is 17.9. The van der Waals surface area contributed by atoms with Crippen molar-refractivity contribution in [3.8, 4) is 95.2 Å². The molecule has 0 radical (unpaired) electrons. The summed E-state index contributed by atoms with van der Waals surface area (Å²) in [5, 5.41) is 8.46. The SMILES string of the molecule is C#CC#CC#CC#CC#CC#CC#CC#CCCCCCC(=O)O. The standard InChI is InChI=1S/C22H12O2/c1-2-3-4-5-6-7-8-9-10-11-12-13-14-15-16-17-18-19-20-21-22(23)24/h1H,17-21H2,(H,23,24). The largest absolute Gasteiger partial charge is 0.481 e. The van der Waals surface area contributed by atoms with Gasteiger partial charge < -0.3 is 5.11 Å². The van der Waals surface area contributed by atoms with Gasteiger partial charge in [0.2, 0.25) is 0 Å². The zero-order chi connectivity index (χ0) is 17.7. The second-order valence-electron chi connectivity index (χ2n) is 3.90. The molecule has 0 atom stereocenters. The van der Waals surface area contributed by atoms with Gasteiger partial charge in [0.25, 0.3) is 0 Å². The van der Waals surface area contributed by atoms with Gasteiger partial charge in [0.1, 0.15) is 0 Å². The van der Waals surface area contributed by atoms with Crippen LogP contribution in [0.5, 0.6) is 0 Å².